The van der Waals surface area contributed by atoms with Gasteiger partial charge in [-0.05, 0) is 40.7 Å². The normalized spacial score (nSPS) is 14.7. The average Bonchev–Trinajstić information content (AvgIpc) is 2.16. The minimum atomic E-state index is -0.00444. The lowest BCUT2D eigenvalue weighted by Gasteiger charge is -2.12. The van der Waals surface area contributed by atoms with Crippen LogP contribution in [0.2, 0.25) is 0 Å². The molecule has 1 atom stereocenters. The Labute approximate surface area is 87.1 Å². The fourth-order valence-corrected chi connectivity index (χ4v) is 1.40. The molecule has 0 rings (SSSR count). The Hall–Kier alpha value is -0.890. The van der Waals surface area contributed by atoms with Crippen molar-refractivity contribution in [1.82, 2.24) is 5.32 Å². The molecule has 0 spiro atoms. The maximum absolute atomic E-state index is 11.1. The van der Waals surface area contributed by atoms with Crippen molar-refractivity contribution in [2.45, 2.75) is 39.7 Å². The molecule has 0 amide bonds. The molecule has 0 radical (unpaired) electrons. The van der Waals surface area contributed by atoms with Gasteiger partial charge in [0, 0.05) is 0 Å². The molecule has 0 heterocycles. The Morgan fingerprint density at radius 2 is 2.07 bits per heavy atom. The summed E-state index contributed by atoms with van der Waals surface area (Å²) < 4.78 is 0. The summed E-state index contributed by atoms with van der Waals surface area (Å²) >= 11 is 0. The zero-order valence-electron chi connectivity index (χ0n) is 9.63. The van der Waals surface area contributed by atoms with E-state index in [0.29, 0.717) is 0 Å². The number of hydrogen-bond acceptors (Lipinski definition) is 2. The molecule has 0 aliphatic carbocycles. The molecule has 14 heavy (non-hydrogen) atoms. The van der Waals surface area contributed by atoms with Gasteiger partial charge in [0.2, 0.25) is 0 Å². The van der Waals surface area contributed by atoms with Gasteiger partial charge >= 0.3 is 0 Å². The number of carbonyl (C=O) groups is 1. The van der Waals surface area contributed by atoms with E-state index in [4.69, 9.17) is 0 Å². The van der Waals surface area contributed by atoms with Crippen LogP contribution in [0.5, 0.6) is 0 Å². The van der Waals surface area contributed by atoms with E-state index in [0.717, 1.165) is 12.8 Å². The zero-order chi connectivity index (χ0) is 11.0. The summed E-state index contributed by atoms with van der Waals surface area (Å²) in [6.07, 6.45) is 8.03. The van der Waals surface area contributed by atoms with Gasteiger partial charge in [-0.25, -0.2) is 0 Å². The van der Waals surface area contributed by atoms with Gasteiger partial charge in [0.05, 0.1) is 6.04 Å². The molecule has 0 aromatic carbocycles. The van der Waals surface area contributed by atoms with Gasteiger partial charge in [0.25, 0.3) is 0 Å². The van der Waals surface area contributed by atoms with Crippen molar-refractivity contribution < 1.29 is 4.79 Å². The number of rotatable bonds is 6. The molecular formula is C12H21NO. The van der Waals surface area contributed by atoms with Crippen LogP contribution in [0.15, 0.2) is 23.8 Å². The number of Topliss-reactive ketones (excluding diaryl/α,β-unsaturated/α-hetero) is 1. The summed E-state index contributed by atoms with van der Waals surface area (Å²) in [6, 6.07) is -0.00444. The largest absolute Gasteiger partial charge is 0.311 e. The van der Waals surface area contributed by atoms with Gasteiger partial charge in [-0.3, -0.25) is 4.79 Å². The van der Waals surface area contributed by atoms with Crippen LogP contribution < -0.4 is 5.32 Å². The van der Waals surface area contributed by atoms with Crippen LogP contribution in [0.1, 0.15) is 33.6 Å². The molecule has 2 nitrogen and oxygen atoms in total. The predicted octanol–water partition coefficient (Wildman–Crippen LogP) is 2.47. The quantitative estimate of drug-likeness (QED) is 0.660. The third-order valence-electron chi connectivity index (χ3n) is 2.31. The van der Waals surface area contributed by atoms with E-state index in [-0.39, 0.29) is 11.8 Å². The van der Waals surface area contributed by atoms with Crippen molar-refractivity contribution in [1.29, 1.82) is 0 Å². The molecule has 1 N–H and O–H groups in total. The van der Waals surface area contributed by atoms with E-state index in [1.54, 1.807) is 6.92 Å². The van der Waals surface area contributed by atoms with E-state index in [1.165, 1.54) is 5.57 Å². The number of ketones is 1. The van der Waals surface area contributed by atoms with Crippen molar-refractivity contribution in [3.8, 4) is 0 Å². The number of allylic oxidation sites excluding steroid dienone is 4. The lowest BCUT2D eigenvalue weighted by atomic mass is 10.0. The summed E-state index contributed by atoms with van der Waals surface area (Å²) in [5, 5.41) is 3.02. The molecular weight excluding hydrogens is 174 g/mol. The van der Waals surface area contributed by atoms with Gasteiger partial charge in [-0.2, -0.15) is 0 Å². The molecule has 0 saturated heterocycles. The summed E-state index contributed by atoms with van der Waals surface area (Å²) in [5.41, 5.74) is 1.29. The van der Waals surface area contributed by atoms with Crippen molar-refractivity contribution >= 4 is 5.78 Å². The second-order valence-electron chi connectivity index (χ2n) is 3.35. The SMILES string of the molecule is C/C=C\C(=C/C)CC[C@H](NC)C(C)=O. The lowest BCUT2D eigenvalue weighted by molar-refractivity contribution is -0.119. The third-order valence-corrected chi connectivity index (χ3v) is 2.31. The minimum Gasteiger partial charge on any atom is -0.311 e. The van der Waals surface area contributed by atoms with E-state index in [9.17, 15) is 4.79 Å². The molecule has 0 aromatic heterocycles. The Morgan fingerprint density at radius 3 is 2.43 bits per heavy atom. The van der Waals surface area contributed by atoms with Crippen molar-refractivity contribution in [3.05, 3.63) is 23.8 Å². The smallest absolute Gasteiger partial charge is 0.146 e. The van der Waals surface area contributed by atoms with Crippen molar-refractivity contribution in [3.63, 3.8) is 0 Å². The van der Waals surface area contributed by atoms with Crippen LogP contribution in [0.25, 0.3) is 0 Å². The van der Waals surface area contributed by atoms with Gasteiger partial charge in [0.15, 0.2) is 0 Å². The maximum Gasteiger partial charge on any atom is 0.146 e. The summed E-state index contributed by atoms with van der Waals surface area (Å²) in [5.74, 6) is 0.212. The monoisotopic (exact) mass is 195 g/mol. The van der Waals surface area contributed by atoms with Gasteiger partial charge in [-0.15, -0.1) is 0 Å². The van der Waals surface area contributed by atoms with E-state index >= 15 is 0 Å². The molecule has 2 heteroatoms. The molecule has 0 aliphatic heterocycles. The molecule has 0 saturated carbocycles. The molecule has 0 unspecified atom stereocenters. The number of carbonyl (C=O) groups excluding carboxylic acids is 1. The molecule has 80 valence electrons. The lowest BCUT2D eigenvalue weighted by Crippen LogP contribution is -2.32. The molecule has 0 bridgehead atoms. The highest BCUT2D eigenvalue weighted by Gasteiger charge is 2.10. The Bertz CT molecular complexity index is 228. The highest BCUT2D eigenvalue weighted by Crippen LogP contribution is 2.09. The van der Waals surface area contributed by atoms with E-state index < -0.39 is 0 Å². The molecule has 0 aliphatic rings. The van der Waals surface area contributed by atoms with Gasteiger partial charge < -0.3 is 5.32 Å². The van der Waals surface area contributed by atoms with Gasteiger partial charge in [0.1, 0.15) is 5.78 Å². The molecule has 0 aromatic rings. The Kier molecular flexibility index (Phi) is 7.03. The first kappa shape index (κ1) is 13.1. The zero-order valence-corrected chi connectivity index (χ0v) is 9.63. The third kappa shape index (κ3) is 4.97. The summed E-state index contributed by atoms with van der Waals surface area (Å²) in [6.45, 7) is 5.66. The van der Waals surface area contributed by atoms with Crippen LogP contribution in [0.4, 0.5) is 0 Å². The standard InChI is InChI=1S/C12H21NO/c1-5-7-11(6-2)8-9-12(13-4)10(3)14/h5-7,12-13H,8-9H2,1-4H3/b7-5-,11-6+/t12-/m0/s1. The molecule has 0 fully saturated rings. The van der Waals surface area contributed by atoms with E-state index in [2.05, 4.69) is 17.5 Å². The number of hydrogen-bond donors (Lipinski definition) is 1. The average molecular weight is 195 g/mol. The first-order valence-corrected chi connectivity index (χ1v) is 5.11. The predicted molar refractivity (Wildman–Crippen MR) is 61.3 cm³/mol. The van der Waals surface area contributed by atoms with Crippen molar-refractivity contribution in [2.24, 2.45) is 0 Å². The first-order chi connectivity index (χ1) is 6.65. The number of likely N-dealkylation sites (N-methyl/N-ethyl adjacent to an activating group) is 1. The van der Waals surface area contributed by atoms with Crippen LogP contribution in [-0.4, -0.2) is 18.9 Å². The van der Waals surface area contributed by atoms with Crippen LogP contribution in [-0.2, 0) is 4.79 Å². The first-order valence-electron chi connectivity index (χ1n) is 5.11. The van der Waals surface area contributed by atoms with Gasteiger partial charge in [-0.1, -0.05) is 23.8 Å². The number of nitrogens with one attached hydrogen (secondary N) is 1. The second-order valence-corrected chi connectivity index (χ2v) is 3.35. The Balaban J connectivity index is 4.07. The maximum atomic E-state index is 11.1. The van der Waals surface area contributed by atoms with E-state index in [1.807, 2.05) is 27.0 Å². The van der Waals surface area contributed by atoms with Crippen molar-refractivity contribution in [2.75, 3.05) is 7.05 Å². The fourth-order valence-electron chi connectivity index (χ4n) is 1.40. The van der Waals surface area contributed by atoms with Crippen LogP contribution >= 0.6 is 0 Å². The minimum absolute atomic E-state index is 0.00444. The Morgan fingerprint density at radius 1 is 1.43 bits per heavy atom. The summed E-state index contributed by atoms with van der Waals surface area (Å²) in [7, 11) is 1.83. The highest BCUT2D eigenvalue weighted by atomic mass is 16.1. The fraction of sp³-hybridized carbons (Fsp3) is 0.583. The van der Waals surface area contributed by atoms with Crippen LogP contribution in [0.3, 0.4) is 0 Å². The topological polar surface area (TPSA) is 29.1 Å². The second kappa shape index (κ2) is 7.51. The highest BCUT2D eigenvalue weighted by molar-refractivity contribution is 5.81. The summed E-state index contributed by atoms with van der Waals surface area (Å²) in [4.78, 5) is 11.1. The van der Waals surface area contributed by atoms with Crippen LogP contribution in [0, 0.1) is 0 Å².